The summed E-state index contributed by atoms with van der Waals surface area (Å²) in [6.07, 6.45) is 4.17. The van der Waals surface area contributed by atoms with Crippen molar-refractivity contribution in [2.45, 2.75) is 52.2 Å². The molecule has 1 fully saturated rings. The van der Waals surface area contributed by atoms with Gasteiger partial charge in [0.15, 0.2) is 0 Å². The number of benzene rings is 1. The van der Waals surface area contributed by atoms with Crippen molar-refractivity contribution in [3.63, 3.8) is 0 Å². The Kier molecular flexibility index (Phi) is 4.28. The molecule has 2 nitrogen and oxygen atoms in total. The highest BCUT2D eigenvalue weighted by Crippen LogP contribution is 2.35. The fourth-order valence-corrected chi connectivity index (χ4v) is 2.66. The molecule has 0 aliphatic carbocycles. The van der Waals surface area contributed by atoms with Crippen molar-refractivity contribution in [1.29, 1.82) is 0 Å². The van der Waals surface area contributed by atoms with Crippen LogP contribution in [0, 0.1) is 5.92 Å². The van der Waals surface area contributed by atoms with Gasteiger partial charge in [0.05, 0.1) is 19.3 Å². The van der Waals surface area contributed by atoms with Crippen molar-refractivity contribution in [2.24, 2.45) is 5.92 Å². The Hall–Kier alpha value is -1.02. The highest BCUT2D eigenvalue weighted by Gasteiger charge is 2.41. The maximum Gasteiger partial charge on any atom is 0.122 e. The molecule has 0 N–H and O–H groups in total. The fraction of sp³-hybridized carbons (Fsp3) is 0.625. The topological polar surface area (TPSA) is 21.8 Å². The van der Waals surface area contributed by atoms with Crippen LogP contribution in [0.4, 0.5) is 0 Å². The fourth-order valence-electron chi connectivity index (χ4n) is 2.66. The second kappa shape index (κ2) is 5.75. The number of rotatable bonds is 6. The van der Waals surface area contributed by atoms with Crippen LogP contribution in [-0.2, 0) is 17.6 Å². The third kappa shape index (κ3) is 2.86. The van der Waals surface area contributed by atoms with Gasteiger partial charge in [0.2, 0.25) is 0 Å². The van der Waals surface area contributed by atoms with Gasteiger partial charge in [-0.1, -0.05) is 32.9 Å². The van der Waals surface area contributed by atoms with E-state index in [1.54, 1.807) is 7.11 Å². The second-order valence-electron chi connectivity index (χ2n) is 5.23. The zero-order valence-corrected chi connectivity index (χ0v) is 11.9. The minimum Gasteiger partial charge on any atom is -0.496 e. The lowest BCUT2D eigenvalue weighted by molar-refractivity contribution is 0.320. The van der Waals surface area contributed by atoms with Crippen molar-refractivity contribution >= 4 is 0 Å². The first-order valence-corrected chi connectivity index (χ1v) is 7.00. The third-order valence-corrected chi connectivity index (χ3v) is 3.88. The van der Waals surface area contributed by atoms with Gasteiger partial charge in [-0.2, -0.15) is 0 Å². The van der Waals surface area contributed by atoms with Gasteiger partial charge >= 0.3 is 0 Å². The summed E-state index contributed by atoms with van der Waals surface area (Å²) in [5.41, 5.74) is 2.69. The largest absolute Gasteiger partial charge is 0.496 e. The van der Waals surface area contributed by atoms with Gasteiger partial charge < -0.3 is 9.47 Å². The molecule has 0 saturated carbocycles. The molecule has 1 heterocycles. The molecule has 0 radical (unpaired) electrons. The van der Waals surface area contributed by atoms with E-state index in [4.69, 9.17) is 9.47 Å². The van der Waals surface area contributed by atoms with Gasteiger partial charge in [-0.05, 0) is 42.4 Å². The summed E-state index contributed by atoms with van der Waals surface area (Å²) in [7, 11) is 1.75. The van der Waals surface area contributed by atoms with Crippen LogP contribution < -0.4 is 4.74 Å². The molecule has 0 spiro atoms. The molecule has 0 amide bonds. The van der Waals surface area contributed by atoms with E-state index in [-0.39, 0.29) is 0 Å². The molecule has 1 aliphatic rings. The summed E-state index contributed by atoms with van der Waals surface area (Å²) >= 11 is 0. The predicted molar refractivity (Wildman–Crippen MR) is 74.2 cm³/mol. The molecular formula is C16H24O2. The van der Waals surface area contributed by atoms with E-state index in [1.807, 2.05) is 0 Å². The molecule has 0 aromatic heterocycles. The van der Waals surface area contributed by atoms with Gasteiger partial charge in [-0.25, -0.2) is 0 Å². The average Bonchev–Trinajstić information content (AvgIpc) is 3.18. The summed E-state index contributed by atoms with van der Waals surface area (Å²) in [5.74, 6) is 1.57. The Morgan fingerprint density at radius 2 is 2.11 bits per heavy atom. The molecule has 1 aromatic rings. The van der Waals surface area contributed by atoms with Crippen LogP contribution in [0.2, 0.25) is 0 Å². The Balaban J connectivity index is 2.07. The van der Waals surface area contributed by atoms with Crippen LogP contribution in [-0.4, -0.2) is 19.3 Å². The smallest absolute Gasteiger partial charge is 0.122 e. The summed E-state index contributed by atoms with van der Waals surface area (Å²) in [6, 6.07) is 6.51. The summed E-state index contributed by atoms with van der Waals surface area (Å²) in [5, 5.41) is 0. The van der Waals surface area contributed by atoms with Crippen molar-refractivity contribution in [3.8, 4) is 5.75 Å². The first-order valence-electron chi connectivity index (χ1n) is 7.00. The lowest BCUT2D eigenvalue weighted by atomic mass is 9.94. The molecule has 3 atom stereocenters. The van der Waals surface area contributed by atoms with Gasteiger partial charge in [-0.3, -0.25) is 0 Å². The highest BCUT2D eigenvalue weighted by atomic mass is 16.6. The van der Waals surface area contributed by atoms with E-state index in [1.165, 1.54) is 11.1 Å². The minimum absolute atomic E-state index is 0.449. The van der Waals surface area contributed by atoms with Crippen molar-refractivity contribution < 1.29 is 9.47 Å². The van der Waals surface area contributed by atoms with E-state index < -0.39 is 0 Å². The standard InChI is InChI=1S/C16H24O2/c1-5-12-7-8-15(17-4)13(10-12)9-11(3)16-14(6-2)18-16/h7-8,10-11,14,16H,5-6,9H2,1-4H3. The average molecular weight is 248 g/mol. The third-order valence-electron chi connectivity index (χ3n) is 3.88. The van der Waals surface area contributed by atoms with E-state index in [2.05, 4.69) is 39.0 Å². The molecule has 2 heteroatoms. The first kappa shape index (κ1) is 13.4. The first-order chi connectivity index (χ1) is 8.69. The van der Waals surface area contributed by atoms with E-state index in [0.717, 1.165) is 25.0 Å². The molecule has 2 rings (SSSR count). The molecule has 0 bridgehead atoms. The van der Waals surface area contributed by atoms with Crippen LogP contribution >= 0.6 is 0 Å². The van der Waals surface area contributed by atoms with E-state index >= 15 is 0 Å². The van der Waals surface area contributed by atoms with E-state index in [9.17, 15) is 0 Å². The Morgan fingerprint density at radius 3 is 2.67 bits per heavy atom. The number of aryl methyl sites for hydroxylation is 1. The maximum absolute atomic E-state index is 5.69. The SMILES string of the molecule is CCc1ccc(OC)c(CC(C)C2OC2CC)c1. The highest BCUT2D eigenvalue weighted by molar-refractivity contribution is 5.37. The quantitative estimate of drug-likeness (QED) is 0.717. The molecule has 1 aliphatic heterocycles. The van der Waals surface area contributed by atoms with Crippen LogP contribution in [0.15, 0.2) is 18.2 Å². The number of ether oxygens (including phenoxy) is 2. The Labute approximate surface area is 110 Å². The summed E-state index contributed by atoms with van der Waals surface area (Å²) in [4.78, 5) is 0. The Bertz CT molecular complexity index is 400. The Morgan fingerprint density at radius 1 is 1.33 bits per heavy atom. The normalized spacial score (nSPS) is 23.8. The van der Waals surface area contributed by atoms with E-state index in [0.29, 0.717) is 18.1 Å². The van der Waals surface area contributed by atoms with Crippen LogP contribution in [0.25, 0.3) is 0 Å². The predicted octanol–water partition coefficient (Wildman–Crippen LogP) is 3.61. The molecule has 1 aromatic carbocycles. The number of methoxy groups -OCH3 is 1. The summed E-state index contributed by atoms with van der Waals surface area (Å²) in [6.45, 7) is 6.65. The molecule has 1 saturated heterocycles. The molecule has 100 valence electrons. The minimum atomic E-state index is 0.449. The van der Waals surface area contributed by atoms with Crippen molar-refractivity contribution in [3.05, 3.63) is 29.3 Å². The van der Waals surface area contributed by atoms with Crippen LogP contribution in [0.1, 0.15) is 38.3 Å². The molecule has 3 unspecified atom stereocenters. The maximum atomic E-state index is 5.69. The van der Waals surface area contributed by atoms with Gasteiger partial charge in [0, 0.05) is 0 Å². The zero-order chi connectivity index (χ0) is 13.1. The molecular weight excluding hydrogens is 224 g/mol. The number of hydrogen-bond acceptors (Lipinski definition) is 2. The van der Waals surface area contributed by atoms with Gasteiger partial charge in [0.1, 0.15) is 5.75 Å². The number of epoxide rings is 1. The van der Waals surface area contributed by atoms with Crippen molar-refractivity contribution in [1.82, 2.24) is 0 Å². The summed E-state index contributed by atoms with van der Waals surface area (Å²) < 4.78 is 11.1. The van der Waals surface area contributed by atoms with Crippen molar-refractivity contribution in [2.75, 3.05) is 7.11 Å². The monoisotopic (exact) mass is 248 g/mol. The van der Waals surface area contributed by atoms with Gasteiger partial charge in [-0.15, -0.1) is 0 Å². The van der Waals surface area contributed by atoms with Crippen LogP contribution in [0.5, 0.6) is 5.75 Å². The number of hydrogen-bond donors (Lipinski definition) is 0. The van der Waals surface area contributed by atoms with Crippen LogP contribution in [0.3, 0.4) is 0 Å². The lowest BCUT2D eigenvalue weighted by Crippen LogP contribution is -2.11. The lowest BCUT2D eigenvalue weighted by Gasteiger charge is -2.13. The second-order valence-corrected chi connectivity index (χ2v) is 5.23. The molecule has 18 heavy (non-hydrogen) atoms. The zero-order valence-electron chi connectivity index (χ0n) is 11.9. The van der Waals surface area contributed by atoms with Gasteiger partial charge in [0.25, 0.3) is 0 Å².